The van der Waals surface area contributed by atoms with Gasteiger partial charge in [-0.25, -0.2) is 8.42 Å². The maximum absolute atomic E-state index is 12.8. The van der Waals surface area contributed by atoms with E-state index in [2.05, 4.69) is 19.2 Å². The van der Waals surface area contributed by atoms with Gasteiger partial charge >= 0.3 is 0 Å². The predicted octanol–water partition coefficient (Wildman–Crippen LogP) is 2.90. The summed E-state index contributed by atoms with van der Waals surface area (Å²) >= 11 is 0. The van der Waals surface area contributed by atoms with Crippen LogP contribution >= 0.6 is 0 Å². The van der Waals surface area contributed by atoms with Gasteiger partial charge in [0.1, 0.15) is 0 Å². The Bertz CT molecular complexity index is 580. The predicted molar refractivity (Wildman–Crippen MR) is 95.0 cm³/mol. The van der Waals surface area contributed by atoms with Crippen molar-refractivity contribution < 1.29 is 8.42 Å². The van der Waals surface area contributed by atoms with Crippen molar-refractivity contribution in [2.24, 2.45) is 11.8 Å². The fourth-order valence-electron chi connectivity index (χ4n) is 3.13. The molecule has 1 saturated heterocycles. The number of piperidine rings is 1. The zero-order chi connectivity index (χ0) is 16.9. The molecule has 0 bridgehead atoms. The van der Waals surface area contributed by atoms with Gasteiger partial charge < -0.3 is 5.32 Å². The van der Waals surface area contributed by atoms with E-state index in [4.69, 9.17) is 0 Å². The van der Waals surface area contributed by atoms with Crippen molar-refractivity contribution in [2.45, 2.75) is 44.4 Å². The molecule has 0 saturated carbocycles. The number of hydrogen-bond donors (Lipinski definition) is 1. The first-order valence-corrected chi connectivity index (χ1v) is 10.1. The molecule has 2 rings (SSSR count). The molecule has 1 aromatic carbocycles. The molecule has 4 nitrogen and oxygen atoms in total. The molecule has 0 aliphatic carbocycles. The SMILES string of the molecule is CNCC1CCCN(S(=O)(=O)c2ccc(CCC(C)C)cc2)C1. The second kappa shape index (κ2) is 8.27. The monoisotopic (exact) mass is 338 g/mol. The van der Waals surface area contributed by atoms with E-state index in [0.29, 0.717) is 29.8 Å². The Morgan fingerprint density at radius 3 is 2.57 bits per heavy atom. The highest BCUT2D eigenvalue weighted by molar-refractivity contribution is 7.89. The first-order valence-electron chi connectivity index (χ1n) is 8.67. The quantitative estimate of drug-likeness (QED) is 0.832. The average Bonchev–Trinajstić information content (AvgIpc) is 2.54. The van der Waals surface area contributed by atoms with Gasteiger partial charge in [0, 0.05) is 13.1 Å². The lowest BCUT2D eigenvalue weighted by atomic mass is 10.00. The van der Waals surface area contributed by atoms with Crippen LogP contribution in [0.15, 0.2) is 29.2 Å². The van der Waals surface area contributed by atoms with Crippen LogP contribution < -0.4 is 5.32 Å². The second-order valence-corrected chi connectivity index (χ2v) is 8.94. The van der Waals surface area contributed by atoms with Crippen molar-refractivity contribution in [3.05, 3.63) is 29.8 Å². The largest absolute Gasteiger partial charge is 0.319 e. The van der Waals surface area contributed by atoms with Gasteiger partial charge in [-0.05, 0) is 68.8 Å². The highest BCUT2D eigenvalue weighted by Gasteiger charge is 2.29. The first kappa shape index (κ1) is 18.4. The highest BCUT2D eigenvalue weighted by atomic mass is 32.2. The van der Waals surface area contributed by atoms with Crippen molar-refractivity contribution in [2.75, 3.05) is 26.7 Å². The number of benzene rings is 1. The smallest absolute Gasteiger partial charge is 0.243 e. The molecule has 130 valence electrons. The molecule has 1 N–H and O–H groups in total. The Morgan fingerprint density at radius 1 is 1.26 bits per heavy atom. The molecule has 1 aromatic rings. The fraction of sp³-hybridized carbons (Fsp3) is 0.667. The van der Waals surface area contributed by atoms with E-state index in [-0.39, 0.29) is 0 Å². The molecule has 0 radical (unpaired) electrons. The number of hydrogen-bond acceptors (Lipinski definition) is 3. The van der Waals surface area contributed by atoms with Crippen molar-refractivity contribution in [3.8, 4) is 0 Å². The summed E-state index contributed by atoms with van der Waals surface area (Å²) < 4.78 is 27.3. The summed E-state index contributed by atoms with van der Waals surface area (Å²) in [5.41, 5.74) is 1.21. The van der Waals surface area contributed by atoms with Crippen LogP contribution in [0.4, 0.5) is 0 Å². The minimum atomic E-state index is -3.36. The minimum Gasteiger partial charge on any atom is -0.319 e. The molecule has 1 fully saturated rings. The maximum atomic E-state index is 12.8. The van der Waals surface area contributed by atoms with Gasteiger partial charge in [-0.15, -0.1) is 0 Å². The van der Waals surface area contributed by atoms with Gasteiger partial charge in [-0.1, -0.05) is 26.0 Å². The molecule has 1 unspecified atom stereocenters. The lowest BCUT2D eigenvalue weighted by Crippen LogP contribution is -2.42. The van der Waals surface area contributed by atoms with E-state index >= 15 is 0 Å². The second-order valence-electron chi connectivity index (χ2n) is 7.01. The summed E-state index contributed by atoms with van der Waals surface area (Å²) in [7, 11) is -1.44. The van der Waals surface area contributed by atoms with Crippen molar-refractivity contribution >= 4 is 10.0 Å². The molecule has 0 amide bonds. The van der Waals surface area contributed by atoms with Crippen LogP contribution in [0.2, 0.25) is 0 Å². The Kier molecular flexibility index (Phi) is 6.62. The molecule has 1 aliphatic rings. The van der Waals surface area contributed by atoms with Crippen LogP contribution in [-0.4, -0.2) is 39.4 Å². The summed E-state index contributed by atoms with van der Waals surface area (Å²) in [6, 6.07) is 7.47. The van der Waals surface area contributed by atoms with Crippen LogP contribution in [0.3, 0.4) is 0 Å². The zero-order valence-corrected chi connectivity index (χ0v) is 15.4. The standard InChI is InChI=1S/C18H30N2O2S/c1-15(2)6-7-16-8-10-18(11-9-16)23(21,22)20-12-4-5-17(14-20)13-19-3/h8-11,15,17,19H,4-7,12-14H2,1-3H3. The summed E-state index contributed by atoms with van der Waals surface area (Å²) in [6.45, 7) is 6.55. The Hall–Kier alpha value is -0.910. The number of nitrogens with one attached hydrogen (secondary N) is 1. The number of nitrogens with zero attached hydrogens (tertiary/aromatic N) is 1. The molecule has 1 aliphatic heterocycles. The summed E-state index contributed by atoms with van der Waals surface area (Å²) in [6.07, 6.45) is 4.18. The average molecular weight is 339 g/mol. The number of sulfonamides is 1. The van der Waals surface area contributed by atoms with Crippen LogP contribution in [-0.2, 0) is 16.4 Å². The van der Waals surface area contributed by atoms with Crippen LogP contribution in [0.1, 0.15) is 38.7 Å². The van der Waals surface area contributed by atoms with Crippen LogP contribution in [0, 0.1) is 11.8 Å². The van der Waals surface area contributed by atoms with E-state index in [1.54, 1.807) is 16.4 Å². The maximum Gasteiger partial charge on any atom is 0.243 e. The third-order valence-corrected chi connectivity index (χ3v) is 6.43. The molecule has 5 heteroatoms. The minimum absolute atomic E-state index is 0.411. The third-order valence-electron chi connectivity index (χ3n) is 4.55. The number of rotatable bonds is 7. The van der Waals surface area contributed by atoms with E-state index in [9.17, 15) is 8.42 Å². The van der Waals surface area contributed by atoms with Gasteiger partial charge in [0.05, 0.1) is 4.90 Å². The van der Waals surface area contributed by atoms with Crippen molar-refractivity contribution in [3.63, 3.8) is 0 Å². The Balaban J connectivity index is 2.06. The molecule has 23 heavy (non-hydrogen) atoms. The number of aryl methyl sites for hydroxylation is 1. The van der Waals surface area contributed by atoms with E-state index < -0.39 is 10.0 Å². The third kappa shape index (κ3) is 5.03. The van der Waals surface area contributed by atoms with Gasteiger partial charge in [-0.2, -0.15) is 4.31 Å². The first-order chi connectivity index (χ1) is 10.9. The molecular weight excluding hydrogens is 308 g/mol. The molecular formula is C18H30N2O2S. The van der Waals surface area contributed by atoms with Crippen molar-refractivity contribution in [1.82, 2.24) is 9.62 Å². The van der Waals surface area contributed by atoms with Crippen LogP contribution in [0.5, 0.6) is 0 Å². The summed E-state index contributed by atoms with van der Waals surface area (Å²) in [4.78, 5) is 0.427. The van der Waals surface area contributed by atoms with E-state index in [1.165, 1.54) is 5.56 Å². The lowest BCUT2D eigenvalue weighted by Gasteiger charge is -2.31. The molecule has 1 atom stereocenters. The van der Waals surface area contributed by atoms with Gasteiger partial charge in [0.2, 0.25) is 10.0 Å². The molecule has 0 spiro atoms. The summed E-state index contributed by atoms with van der Waals surface area (Å²) in [5, 5.41) is 3.16. The molecule has 1 heterocycles. The lowest BCUT2D eigenvalue weighted by molar-refractivity contribution is 0.263. The van der Waals surface area contributed by atoms with Crippen molar-refractivity contribution in [1.29, 1.82) is 0 Å². The van der Waals surface area contributed by atoms with E-state index in [1.807, 2.05) is 19.2 Å². The Morgan fingerprint density at radius 2 is 1.96 bits per heavy atom. The normalized spacial score (nSPS) is 20.1. The molecule has 0 aromatic heterocycles. The van der Waals surface area contributed by atoms with Crippen LogP contribution in [0.25, 0.3) is 0 Å². The topological polar surface area (TPSA) is 49.4 Å². The van der Waals surface area contributed by atoms with Gasteiger partial charge in [0.15, 0.2) is 0 Å². The highest BCUT2D eigenvalue weighted by Crippen LogP contribution is 2.24. The fourth-order valence-corrected chi connectivity index (χ4v) is 4.69. The Labute approximate surface area is 141 Å². The summed E-state index contributed by atoms with van der Waals surface area (Å²) in [5.74, 6) is 1.07. The van der Waals surface area contributed by atoms with E-state index in [0.717, 1.165) is 32.2 Å². The zero-order valence-electron chi connectivity index (χ0n) is 14.6. The van der Waals surface area contributed by atoms with Gasteiger partial charge in [-0.3, -0.25) is 0 Å². The van der Waals surface area contributed by atoms with Gasteiger partial charge in [0.25, 0.3) is 0 Å².